The van der Waals surface area contributed by atoms with Gasteiger partial charge in [-0.15, -0.1) is 0 Å². The zero-order valence-electron chi connectivity index (χ0n) is 23.7. The topological polar surface area (TPSA) is 68.5 Å². The first-order chi connectivity index (χ1) is 19.4. The van der Waals surface area contributed by atoms with Crippen LogP contribution in [0.25, 0.3) is 16.6 Å². The predicted octanol–water partition coefficient (Wildman–Crippen LogP) is 6.00. The molecular formula is C33H38N4O3. The van der Waals surface area contributed by atoms with E-state index in [-0.39, 0.29) is 17.9 Å². The Hall–Kier alpha value is -4.00. The molecule has 0 radical (unpaired) electrons. The smallest absolute Gasteiger partial charge is 0.273 e. The Morgan fingerprint density at radius 1 is 1.02 bits per heavy atom. The minimum Gasteiger partial charge on any atom is -0.497 e. The summed E-state index contributed by atoms with van der Waals surface area (Å²) in [4.78, 5) is 30.7. The quantitative estimate of drug-likeness (QED) is 0.306. The Morgan fingerprint density at radius 2 is 1.73 bits per heavy atom. The van der Waals surface area contributed by atoms with E-state index in [0.717, 1.165) is 59.2 Å². The van der Waals surface area contributed by atoms with Gasteiger partial charge in [-0.1, -0.05) is 55.5 Å². The van der Waals surface area contributed by atoms with Crippen LogP contribution >= 0.6 is 0 Å². The fraction of sp³-hybridized carbons (Fsp3) is 0.394. The number of benzene rings is 2. The SMILES string of the molecule is COc1ccc2c(c1)c(-n1cccc1)c1n2C[C@@](C)(C(=O)NC2CCCCCC2)N(Cc2ccc(C)cc2)C1=O. The molecule has 7 nitrogen and oxygen atoms in total. The molecule has 0 unspecified atom stereocenters. The van der Waals surface area contributed by atoms with E-state index in [1.165, 1.54) is 12.8 Å². The zero-order valence-corrected chi connectivity index (χ0v) is 23.7. The van der Waals surface area contributed by atoms with Gasteiger partial charge < -0.3 is 24.1 Å². The lowest BCUT2D eigenvalue weighted by atomic mass is 9.92. The van der Waals surface area contributed by atoms with Crippen LogP contribution in [0.4, 0.5) is 0 Å². The third kappa shape index (κ3) is 4.57. The van der Waals surface area contributed by atoms with Crippen LogP contribution in [-0.4, -0.2) is 44.5 Å². The normalized spacial score (nSPS) is 19.9. The van der Waals surface area contributed by atoms with Gasteiger partial charge in [0.25, 0.3) is 5.91 Å². The van der Waals surface area contributed by atoms with Gasteiger partial charge >= 0.3 is 0 Å². The van der Waals surface area contributed by atoms with Gasteiger partial charge in [0.2, 0.25) is 5.91 Å². The number of hydrogen-bond donors (Lipinski definition) is 1. The number of ether oxygens (including phenoxy) is 1. The highest BCUT2D eigenvalue weighted by atomic mass is 16.5. The molecule has 3 heterocycles. The van der Waals surface area contributed by atoms with Crippen LogP contribution in [0, 0.1) is 6.92 Å². The van der Waals surface area contributed by atoms with E-state index < -0.39 is 5.54 Å². The summed E-state index contributed by atoms with van der Waals surface area (Å²) in [6, 6.07) is 18.2. The average Bonchev–Trinajstić information content (AvgIpc) is 3.51. The molecule has 4 aromatic rings. The first-order valence-corrected chi connectivity index (χ1v) is 14.4. The van der Waals surface area contributed by atoms with Crippen molar-refractivity contribution in [2.75, 3.05) is 7.11 Å². The van der Waals surface area contributed by atoms with Gasteiger partial charge in [-0.25, -0.2) is 0 Å². The summed E-state index contributed by atoms with van der Waals surface area (Å²) in [5.74, 6) is 0.495. The highest BCUT2D eigenvalue weighted by Crippen LogP contribution is 2.40. The van der Waals surface area contributed by atoms with E-state index in [1.54, 1.807) is 12.0 Å². The number of nitrogens with zero attached hydrogens (tertiary/aromatic N) is 3. The molecule has 1 aliphatic heterocycles. The van der Waals surface area contributed by atoms with E-state index in [9.17, 15) is 9.59 Å². The number of aromatic nitrogens is 2. The number of nitrogens with one attached hydrogen (secondary N) is 1. The largest absolute Gasteiger partial charge is 0.497 e. The maximum Gasteiger partial charge on any atom is 0.273 e. The second kappa shape index (κ2) is 10.5. The van der Waals surface area contributed by atoms with Gasteiger partial charge in [0.15, 0.2) is 0 Å². The van der Waals surface area contributed by atoms with Gasteiger partial charge in [-0.3, -0.25) is 9.59 Å². The first kappa shape index (κ1) is 26.2. The van der Waals surface area contributed by atoms with Gasteiger partial charge in [0.1, 0.15) is 17.0 Å². The van der Waals surface area contributed by atoms with Crippen molar-refractivity contribution in [2.24, 2.45) is 0 Å². The fourth-order valence-corrected chi connectivity index (χ4v) is 6.40. The Morgan fingerprint density at radius 3 is 2.40 bits per heavy atom. The minimum atomic E-state index is -1.07. The molecule has 1 atom stereocenters. The van der Waals surface area contributed by atoms with E-state index in [4.69, 9.17) is 4.74 Å². The molecule has 7 heteroatoms. The fourth-order valence-electron chi connectivity index (χ4n) is 6.40. The van der Waals surface area contributed by atoms with Gasteiger partial charge in [-0.2, -0.15) is 0 Å². The molecule has 0 bridgehead atoms. The van der Waals surface area contributed by atoms with Crippen molar-refractivity contribution in [3.8, 4) is 11.4 Å². The second-order valence-corrected chi connectivity index (χ2v) is 11.6. The lowest BCUT2D eigenvalue weighted by Gasteiger charge is -2.45. The molecule has 6 rings (SSSR count). The van der Waals surface area contributed by atoms with Crippen molar-refractivity contribution in [1.82, 2.24) is 19.4 Å². The van der Waals surface area contributed by atoms with E-state index in [2.05, 4.69) is 24.4 Å². The Bertz CT molecular complexity index is 1530. The summed E-state index contributed by atoms with van der Waals surface area (Å²) in [6.45, 7) is 4.70. The van der Waals surface area contributed by atoms with Gasteiger partial charge in [-0.05, 0) is 62.6 Å². The van der Waals surface area contributed by atoms with Crippen LogP contribution < -0.4 is 10.1 Å². The standard InChI is InChI=1S/C33H38N4O3/c1-23-12-14-24(15-13-23)21-37-31(38)30-29(35-18-8-9-19-35)27-20-26(40-3)16-17-28(27)36(30)22-33(37,2)32(39)34-25-10-6-4-5-7-11-25/h8-9,12-20,25H,4-7,10-11,21-22H2,1-3H3,(H,34,39)/t33-/m0/s1. The van der Waals surface area contributed by atoms with Crippen molar-refractivity contribution in [2.45, 2.75) is 77.0 Å². The monoisotopic (exact) mass is 538 g/mol. The van der Waals surface area contributed by atoms with Crippen molar-refractivity contribution >= 4 is 22.7 Å². The Balaban J connectivity index is 1.49. The van der Waals surface area contributed by atoms with Crippen LogP contribution in [-0.2, 0) is 17.9 Å². The highest BCUT2D eigenvalue weighted by Gasteiger charge is 2.49. The predicted molar refractivity (Wildman–Crippen MR) is 157 cm³/mol. The maximum absolute atomic E-state index is 14.7. The number of rotatable bonds is 6. The molecule has 1 N–H and O–H groups in total. The number of hydrogen-bond acceptors (Lipinski definition) is 3. The zero-order chi connectivity index (χ0) is 27.9. The number of amides is 2. The third-order valence-electron chi connectivity index (χ3n) is 8.76. The third-order valence-corrected chi connectivity index (χ3v) is 8.76. The van der Waals surface area contributed by atoms with Crippen LogP contribution in [0.1, 0.15) is 67.1 Å². The number of carbonyl (C=O) groups is 2. The van der Waals surface area contributed by atoms with Gasteiger partial charge in [0.05, 0.1) is 24.9 Å². The molecule has 1 saturated carbocycles. The molecule has 208 valence electrons. The number of methoxy groups -OCH3 is 1. The van der Waals surface area contributed by atoms with Crippen LogP contribution in [0.3, 0.4) is 0 Å². The molecule has 1 fully saturated rings. The summed E-state index contributed by atoms with van der Waals surface area (Å²) in [6.07, 6.45) is 10.6. The molecule has 2 aliphatic rings. The van der Waals surface area contributed by atoms with E-state index in [0.29, 0.717) is 18.8 Å². The number of carbonyl (C=O) groups excluding carboxylic acids is 2. The minimum absolute atomic E-state index is 0.0802. The van der Waals surface area contributed by atoms with Crippen molar-refractivity contribution in [3.63, 3.8) is 0 Å². The van der Waals surface area contributed by atoms with Crippen molar-refractivity contribution < 1.29 is 14.3 Å². The molecule has 2 aromatic heterocycles. The molecule has 1 aliphatic carbocycles. The molecular weight excluding hydrogens is 500 g/mol. The van der Waals surface area contributed by atoms with Gasteiger partial charge in [0, 0.05) is 30.4 Å². The lowest BCUT2D eigenvalue weighted by Crippen LogP contribution is -2.64. The number of aryl methyl sites for hydroxylation is 1. The number of fused-ring (bicyclic) bond motifs is 3. The summed E-state index contributed by atoms with van der Waals surface area (Å²) >= 11 is 0. The highest BCUT2D eigenvalue weighted by molar-refractivity contribution is 6.09. The molecule has 2 aromatic carbocycles. The Kier molecular flexibility index (Phi) is 6.90. The average molecular weight is 539 g/mol. The summed E-state index contributed by atoms with van der Waals surface area (Å²) < 4.78 is 9.60. The lowest BCUT2D eigenvalue weighted by molar-refractivity contribution is -0.134. The Labute approximate surface area is 235 Å². The first-order valence-electron chi connectivity index (χ1n) is 14.4. The second-order valence-electron chi connectivity index (χ2n) is 11.6. The summed E-state index contributed by atoms with van der Waals surface area (Å²) in [7, 11) is 1.65. The molecule has 2 amide bonds. The molecule has 0 spiro atoms. The van der Waals surface area contributed by atoms with Crippen LogP contribution in [0.2, 0.25) is 0 Å². The van der Waals surface area contributed by atoms with E-state index >= 15 is 0 Å². The summed E-state index contributed by atoms with van der Waals surface area (Å²) in [5, 5.41) is 4.29. The van der Waals surface area contributed by atoms with Crippen molar-refractivity contribution in [1.29, 1.82) is 0 Å². The van der Waals surface area contributed by atoms with Crippen LogP contribution in [0.5, 0.6) is 5.75 Å². The van der Waals surface area contributed by atoms with Crippen LogP contribution in [0.15, 0.2) is 67.0 Å². The van der Waals surface area contributed by atoms with Crippen molar-refractivity contribution in [3.05, 3.63) is 83.8 Å². The maximum atomic E-state index is 14.7. The summed E-state index contributed by atoms with van der Waals surface area (Å²) in [5.41, 5.74) is 3.40. The van der Waals surface area contributed by atoms with E-state index in [1.807, 2.05) is 70.9 Å². The molecule has 0 saturated heterocycles. The molecule has 40 heavy (non-hydrogen) atoms.